The number of nitrogens with one attached hydrogen (secondary N) is 1. The zero-order valence-electron chi connectivity index (χ0n) is 7.18. The van der Waals surface area contributed by atoms with Crippen LogP contribution >= 0.6 is 0 Å². The molecule has 2 heteroatoms. The fraction of sp³-hybridized carbons (Fsp3) is 0.667. The fourth-order valence-electron chi connectivity index (χ4n) is 1.21. The molecule has 11 heavy (non-hydrogen) atoms. The van der Waals surface area contributed by atoms with Crippen molar-refractivity contribution in [2.24, 2.45) is 11.3 Å². The molecule has 1 atom stereocenters. The van der Waals surface area contributed by atoms with E-state index in [1.54, 1.807) is 6.08 Å². The summed E-state index contributed by atoms with van der Waals surface area (Å²) in [6.07, 6.45) is 2.73. The van der Waals surface area contributed by atoms with E-state index in [-0.39, 0.29) is 17.2 Å². The van der Waals surface area contributed by atoms with Crippen molar-refractivity contribution in [1.82, 2.24) is 5.32 Å². The van der Waals surface area contributed by atoms with Gasteiger partial charge in [0.05, 0.1) is 0 Å². The minimum Gasteiger partial charge on any atom is -0.352 e. The highest BCUT2D eigenvalue weighted by atomic mass is 16.2. The highest BCUT2D eigenvalue weighted by Gasteiger charge is 2.50. The normalized spacial score (nSPS) is 25.8. The third-order valence-electron chi connectivity index (χ3n) is 2.25. The standard InChI is InChI=1S/C9H15NO/c1-4-5-10-8(11)7-6-9(7,2)3/h4,7H,1,5-6H2,2-3H3,(H,10,11). The van der Waals surface area contributed by atoms with Gasteiger partial charge >= 0.3 is 0 Å². The van der Waals surface area contributed by atoms with Crippen molar-refractivity contribution in [3.8, 4) is 0 Å². The van der Waals surface area contributed by atoms with Gasteiger partial charge in [-0.1, -0.05) is 19.9 Å². The maximum Gasteiger partial charge on any atom is 0.223 e. The fourth-order valence-corrected chi connectivity index (χ4v) is 1.21. The molecule has 1 fully saturated rings. The van der Waals surface area contributed by atoms with Crippen molar-refractivity contribution >= 4 is 5.91 Å². The molecule has 1 aliphatic carbocycles. The van der Waals surface area contributed by atoms with Crippen molar-refractivity contribution in [2.45, 2.75) is 20.3 Å². The van der Waals surface area contributed by atoms with Crippen molar-refractivity contribution in [2.75, 3.05) is 6.54 Å². The third kappa shape index (κ3) is 1.82. The van der Waals surface area contributed by atoms with Crippen LogP contribution in [-0.2, 0) is 4.79 Å². The van der Waals surface area contributed by atoms with Gasteiger partial charge in [0.1, 0.15) is 0 Å². The molecule has 0 aromatic carbocycles. The summed E-state index contributed by atoms with van der Waals surface area (Å²) in [5.74, 6) is 0.414. The molecule has 62 valence electrons. The van der Waals surface area contributed by atoms with E-state index >= 15 is 0 Å². The number of carbonyl (C=O) groups excluding carboxylic acids is 1. The Morgan fingerprint density at radius 1 is 1.82 bits per heavy atom. The summed E-state index contributed by atoms with van der Waals surface area (Å²) < 4.78 is 0. The van der Waals surface area contributed by atoms with Gasteiger partial charge in [0.15, 0.2) is 0 Å². The van der Waals surface area contributed by atoms with Crippen molar-refractivity contribution in [3.05, 3.63) is 12.7 Å². The second-order valence-electron chi connectivity index (χ2n) is 3.78. The Labute approximate surface area is 67.7 Å². The zero-order valence-corrected chi connectivity index (χ0v) is 7.18. The minimum absolute atomic E-state index is 0.176. The van der Waals surface area contributed by atoms with E-state index in [0.29, 0.717) is 6.54 Å². The highest BCUT2D eigenvalue weighted by molar-refractivity contribution is 5.82. The maximum absolute atomic E-state index is 11.2. The molecule has 1 amide bonds. The molecule has 0 saturated heterocycles. The quantitative estimate of drug-likeness (QED) is 0.609. The van der Waals surface area contributed by atoms with E-state index in [1.165, 1.54) is 0 Å². The molecular weight excluding hydrogens is 138 g/mol. The Morgan fingerprint density at radius 2 is 2.36 bits per heavy atom. The van der Waals surface area contributed by atoms with Gasteiger partial charge in [-0.05, 0) is 11.8 Å². The summed E-state index contributed by atoms with van der Waals surface area (Å²) in [6.45, 7) is 8.36. The van der Waals surface area contributed by atoms with Crippen LogP contribution < -0.4 is 5.32 Å². The van der Waals surface area contributed by atoms with Gasteiger partial charge in [-0.2, -0.15) is 0 Å². The lowest BCUT2D eigenvalue weighted by Crippen LogP contribution is -2.26. The number of rotatable bonds is 3. The maximum atomic E-state index is 11.2. The number of hydrogen-bond acceptors (Lipinski definition) is 1. The zero-order chi connectivity index (χ0) is 8.48. The topological polar surface area (TPSA) is 29.1 Å². The van der Waals surface area contributed by atoms with Crippen LogP contribution in [0.1, 0.15) is 20.3 Å². The largest absolute Gasteiger partial charge is 0.352 e. The van der Waals surface area contributed by atoms with Crippen LogP contribution in [0.15, 0.2) is 12.7 Å². The van der Waals surface area contributed by atoms with E-state index < -0.39 is 0 Å². The summed E-state index contributed by atoms with van der Waals surface area (Å²) >= 11 is 0. The number of hydrogen-bond donors (Lipinski definition) is 1. The second kappa shape index (κ2) is 2.68. The second-order valence-corrected chi connectivity index (χ2v) is 3.78. The summed E-state index contributed by atoms with van der Waals surface area (Å²) in [5.41, 5.74) is 0.241. The smallest absolute Gasteiger partial charge is 0.223 e. The molecule has 1 N–H and O–H groups in total. The predicted octanol–water partition coefficient (Wildman–Crippen LogP) is 1.33. The molecule has 0 aliphatic heterocycles. The Bertz CT molecular complexity index is 184. The van der Waals surface area contributed by atoms with Gasteiger partial charge in [0.2, 0.25) is 5.91 Å². The molecule has 1 unspecified atom stereocenters. The van der Waals surface area contributed by atoms with Crippen LogP contribution in [-0.4, -0.2) is 12.5 Å². The van der Waals surface area contributed by atoms with E-state index in [4.69, 9.17) is 0 Å². The molecule has 2 nitrogen and oxygen atoms in total. The molecule has 1 rings (SSSR count). The lowest BCUT2D eigenvalue weighted by Gasteiger charge is -2.02. The first-order chi connectivity index (χ1) is 5.08. The Morgan fingerprint density at radius 3 is 2.73 bits per heavy atom. The van der Waals surface area contributed by atoms with Crippen molar-refractivity contribution in [3.63, 3.8) is 0 Å². The SMILES string of the molecule is C=CCNC(=O)C1CC1(C)C. The van der Waals surface area contributed by atoms with Gasteiger partial charge in [-0.15, -0.1) is 6.58 Å². The molecule has 0 radical (unpaired) electrons. The van der Waals surface area contributed by atoms with Gasteiger partial charge < -0.3 is 5.32 Å². The molecule has 0 aromatic rings. The van der Waals surface area contributed by atoms with Crippen LogP contribution in [0.3, 0.4) is 0 Å². The average Bonchev–Trinajstić information content (AvgIpc) is 2.55. The first-order valence-corrected chi connectivity index (χ1v) is 3.96. The lowest BCUT2D eigenvalue weighted by molar-refractivity contribution is -0.122. The first kappa shape index (κ1) is 8.31. The van der Waals surface area contributed by atoms with E-state index in [1.807, 2.05) is 0 Å². The lowest BCUT2D eigenvalue weighted by atomic mass is 10.1. The van der Waals surface area contributed by atoms with E-state index in [9.17, 15) is 4.79 Å². The monoisotopic (exact) mass is 153 g/mol. The van der Waals surface area contributed by atoms with Crippen LogP contribution in [0.5, 0.6) is 0 Å². The van der Waals surface area contributed by atoms with Gasteiger partial charge in [-0.25, -0.2) is 0 Å². The predicted molar refractivity (Wildman–Crippen MR) is 45.1 cm³/mol. The molecule has 0 bridgehead atoms. The molecule has 0 heterocycles. The van der Waals surface area contributed by atoms with Gasteiger partial charge in [0.25, 0.3) is 0 Å². The van der Waals surface area contributed by atoms with Crippen LogP contribution in [0.25, 0.3) is 0 Å². The van der Waals surface area contributed by atoms with Crippen LogP contribution in [0.2, 0.25) is 0 Å². The van der Waals surface area contributed by atoms with Crippen LogP contribution in [0.4, 0.5) is 0 Å². The summed E-state index contributed by atoms with van der Waals surface area (Å²) in [7, 11) is 0. The number of carbonyl (C=O) groups is 1. The van der Waals surface area contributed by atoms with Gasteiger partial charge in [-0.3, -0.25) is 4.79 Å². The van der Waals surface area contributed by atoms with E-state index in [2.05, 4.69) is 25.7 Å². The summed E-state index contributed by atoms with van der Waals surface area (Å²) in [6, 6.07) is 0. The van der Waals surface area contributed by atoms with Gasteiger partial charge in [0, 0.05) is 12.5 Å². The summed E-state index contributed by atoms with van der Waals surface area (Å²) in [4.78, 5) is 11.2. The van der Waals surface area contributed by atoms with Crippen molar-refractivity contribution in [1.29, 1.82) is 0 Å². The third-order valence-corrected chi connectivity index (χ3v) is 2.25. The first-order valence-electron chi connectivity index (χ1n) is 3.96. The molecule has 1 saturated carbocycles. The molecule has 0 aromatic heterocycles. The summed E-state index contributed by atoms with van der Waals surface area (Å²) in [5, 5.41) is 2.79. The average molecular weight is 153 g/mol. The molecule has 1 aliphatic rings. The van der Waals surface area contributed by atoms with E-state index in [0.717, 1.165) is 6.42 Å². The van der Waals surface area contributed by atoms with Crippen LogP contribution in [0, 0.1) is 11.3 Å². The van der Waals surface area contributed by atoms with Crippen molar-refractivity contribution < 1.29 is 4.79 Å². The molecule has 0 spiro atoms. The Kier molecular flexibility index (Phi) is 2.03. The molecular formula is C9H15NO. The number of amides is 1. The minimum atomic E-state index is 0.176. The Hall–Kier alpha value is -0.790. The Balaban J connectivity index is 2.28. The highest BCUT2D eigenvalue weighted by Crippen LogP contribution is 2.51.